The topological polar surface area (TPSA) is 95.0 Å². The summed E-state index contributed by atoms with van der Waals surface area (Å²) in [4.78, 5) is 15.5. The molecule has 6 nitrogen and oxygen atoms in total. The number of ketones is 1. The van der Waals surface area contributed by atoms with Crippen LogP contribution in [0.15, 0.2) is 6.20 Å². The third kappa shape index (κ3) is 4.27. The van der Waals surface area contributed by atoms with Crippen LogP contribution in [0.1, 0.15) is 36.7 Å². The molecule has 1 aromatic heterocycles. The second kappa shape index (κ2) is 5.92. The molecule has 17 heavy (non-hydrogen) atoms. The molecular formula is C10H17N3O3S. The molecule has 1 aromatic rings. The number of aryl methyl sites for hydroxylation is 2. The number of imidazole rings is 1. The lowest BCUT2D eigenvalue weighted by Crippen LogP contribution is -1.94. The van der Waals surface area contributed by atoms with E-state index in [1.807, 2.05) is 24.7 Å². The van der Waals surface area contributed by atoms with Crippen molar-refractivity contribution in [3.05, 3.63) is 17.7 Å². The van der Waals surface area contributed by atoms with Crippen LogP contribution in [0, 0.1) is 6.92 Å². The van der Waals surface area contributed by atoms with Gasteiger partial charge in [-0.2, -0.15) is 0 Å². The standard InChI is InChI=1S/C10H14N2O.H3NO2S/c1-7-11-10(6-12(7)2)8-3-4-9(13)5-8;1-4(2)3/h6,8H,3-5H2,1-2H3;4H,(H2,1,2,3). The second-order valence-electron chi connectivity index (χ2n) is 4.09. The summed E-state index contributed by atoms with van der Waals surface area (Å²) in [7, 11) is -0.632. The molecule has 1 fully saturated rings. The van der Waals surface area contributed by atoms with Crippen LogP contribution in [0.5, 0.6) is 0 Å². The average Bonchev–Trinajstić information content (AvgIpc) is 2.74. The van der Waals surface area contributed by atoms with E-state index < -0.39 is 10.9 Å². The summed E-state index contributed by atoms with van der Waals surface area (Å²) in [5.41, 5.74) is 1.09. The Hall–Kier alpha value is -1.21. The van der Waals surface area contributed by atoms with E-state index in [9.17, 15) is 4.79 Å². The van der Waals surface area contributed by atoms with E-state index in [-0.39, 0.29) is 0 Å². The number of hydrogen-bond acceptors (Lipinski definition) is 4. The minimum absolute atomic E-state index is 0.382. The Bertz CT molecular complexity index is 452. The van der Waals surface area contributed by atoms with Crippen molar-refractivity contribution in [1.82, 2.24) is 9.55 Å². The number of aromatic nitrogens is 2. The Morgan fingerprint density at radius 2 is 2.12 bits per heavy atom. The molecule has 0 spiro atoms. The van der Waals surface area contributed by atoms with Gasteiger partial charge in [0.1, 0.15) is 11.6 Å². The van der Waals surface area contributed by atoms with Gasteiger partial charge in [-0.1, -0.05) is 0 Å². The zero-order valence-electron chi connectivity index (χ0n) is 9.92. The normalized spacial score (nSPS) is 19.3. The van der Waals surface area contributed by atoms with Gasteiger partial charge < -0.3 is 4.57 Å². The van der Waals surface area contributed by atoms with Gasteiger partial charge in [0, 0.05) is 32.0 Å². The van der Waals surface area contributed by atoms with Crippen molar-refractivity contribution in [3.8, 4) is 0 Å². The predicted molar refractivity (Wildman–Crippen MR) is 64.0 cm³/mol. The molecule has 1 unspecified atom stereocenters. The highest BCUT2D eigenvalue weighted by Crippen LogP contribution is 2.30. The first kappa shape index (κ1) is 13.9. The minimum atomic E-state index is -2.62. The molecule has 96 valence electrons. The molecule has 1 saturated carbocycles. The van der Waals surface area contributed by atoms with Gasteiger partial charge >= 0.3 is 0 Å². The van der Waals surface area contributed by atoms with E-state index in [1.165, 1.54) is 0 Å². The summed E-state index contributed by atoms with van der Waals surface area (Å²) >= 11 is 0. The van der Waals surface area contributed by atoms with Gasteiger partial charge in [-0.3, -0.25) is 4.79 Å². The number of carbonyl (C=O) groups is 1. The minimum Gasteiger partial charge on any atom is -0.338 e. The van der Waals surface area contributed by atoms with Crippen LogP contribution in [0.4, 0.5) is 0 Å². The molecule has 0 saturated heterocycles. The lowest BCUT2D eigenvalue weighted by atomic mass is 10.1. The van der Waals surface area contributed by atoms with Crippen molar-refractivity contribution in [1.29, 1.82) is 0 Å². The zero-order chi connectivity index (χ0) is 13.0. The molecule has 1 aliphatic carbocycles. The van der Waals surface area contributed by atoms with E-state index in [4.69, 9.17) is 8.42 Å². The smallest absolute Gasteiger partial charge is 0.198 e. The van der Waals surface area contributed by atoms with Crippen LogP contribution in [0.25, 0.3) is 0 Å². The molecule has 1 atom stereocenters. The quantitative estimate of drug-likeness (QED) is 0.696. The summed E-state index contributed by atoms with van der Waals surface area (Å²) in [5.74, 6) is 1.79. The van der Waals surface area contributed by atoms with E-state index in [0.717, 1.165) is 24.4 Å². The molecule has 0 radical (unpaired) electrons. The SMILES string of the molecule is Cc1nc(C2CCC(=O)C2)cn1C.N[SH](=O)=O. The molecule has 2 N–H and O–H groups in total. The largest absolute Gasteiger partial charge is 0.338 e. The van der Waals surface area contributed by atoms with Crippen LogP contribution in [-0.4, -0.2) is 23.8 Å². The van der Waals surface area contributed by atoms with Gasteiger partial charge in [0.25, 0.3) is 0 Å². The monoisotopic (exact) mass is 259 g/mol. The van der Waals surface area contributed by atoms with Crippen LogP contribution in [0.3, 0.4) is 0 Å². The second-order valence-corrected chi connectivity index (χ2v) is 4.66. The lowest BCUT2D eigenvalue weighted by Gasteiger charge is -2.01. The maximum absolute atomic E-state index is 11.1. The Labute approximate surface area is 102 Å². The molecular weight excluding hydrogens is 242 g/mol. The van der Waals surface area contributed by atoms with Crippen molar-refractivity contribution >= 4 is 16.7 Å². The summed E-state index contributed by atoms with van der Waals surface area (Å²) < 4.78 is 19.6. The summed E-state index contributed by atoms with van der Waals surface area (Å²) in [5, 5.41) is 4.06. The van der Waals surface area contributed by atoms with Gasteiger partial charge in [-0.25, -0.2) is 18.5 Å². The van der Waals surface area contributed by atoms with Crippen LogP contribution >= 0.6 is 0 Å². The first-order valence-corrected chi connectivity index (χ1v) is 6.55. The third-order valence-electron chi connectivity index (χ3n) is 2.79. The van der Waals surface area contributed by atoms with Crippen molar-refractivity contribution in [2.75, 3.05) is 0 Å². The molecule has 0 bridgehead atoms. The Kier molecular flexibility index (Phi) is 4.83. The number of nitrogens with two attached hydrogens (primary N) is 1. The van der Waals surface area contributed by atoms with Crippen molar-refractivity contribution in [2.24, 2.45) is 12.2 Å². The third-order valence-corrected chi connectivity index (χ3v) is 2.79. The molecule has 1 aliphatic rings. The molecule has 0 amide bonds. The Balaban J connectivity index is 0.000000317. The van der Waals surface area contributed by atoms with Crippen LogP contribution in [-0.2, 0) is 22.7 Å². The predicted octanol–water partition coefficient (Wildman–Crippen LogP) is 0.0366. The average molecular weight is 259 g/mol. The number of rotatable bonds is 1. The fourth-order valence-corrected chi connectivity index (χ4v) is 1.85. The van der Waals surface area contributed by atoms with E-state index in [0.29, 0.717) is 18.1 Å². The Morgan fingerprint density at radius 3 is 2.47 bits per heavy atom. The molecule has 0 aliphatic heterocycles. The summed E-state index contributed by atoms with van der Waals surface area (Å²) in [6, 6.07) is 0. The molecule has 1 heterocycles. The summed E-state index contributed by atoms with van der Waals surface area (Å²) in [6.07, 6.45) is 4.45. The van der Waals surface area contributed by atoms with Gasteiger partial charge in [-0.05, 0) is 13.3 Å². The Morgan fingerprint density at radius 1 is 1.53 bits per heavy atom. The maximum atomic E-state index is 11.1. The van der Waals surface area contributed by atoms with Gasteiger partial charge in [-0.15, -0.1) is 0 Å². The van der Waals surface area contributed by atoms with E-state index in [1.54, 1.807) is 0 Å². The van der Waals surface area contributed by atoms with Crippen molar-refractivity contribution < 1.29 is 13.2 Å². The van der Waals surface area contributed by atoms with Crippen molar-refractivity contribution in [2.45, 2.75) is 32.1 Å². The van der Waals surface area contributed by atoms with Gasteiger partial charge in [0.15, 0.2) is 10.9 Å². The number of hydrogen-bond donors (Lipinski definition) is 2. The fourth-order valence-electron chi connectivity index (χ4n) is 1.85. The first-order chi connectivity index (χ1) is 7.90. The fraction of sp³-hybridized carbons (Fsp3) is 0.600. The van der Waals surface area contributed by atoms with Gasteiger partial charge in [0.05, 0.1) is 5.69 Å². The highest BCUT2D eigenvalue weighted by Gasteiger charge is 2.25. The maximum Gasteiger partial charge on any atom is 0.198 e. The molecule has 2 rings (SSSR count). The van der Waals surface area contributed by atoms with Gasteiger partial charge in [0.2, 0.25) is 0 Å². The number of thiol groups is 1. The van der Waals surface area contributed by atoms with Crippen molar-refractivity contribution in [3.63, 3.8) is 0 Å². The van der Waals surface area contributed by atoms with E-state index >= 15 is 0 Å². The first-order valence-electron chi connectivity index (χ1n) is 5.30. The van der Waals surface area contributed by atoms with E-state index in [2.05, 4.69) is 10.1 Å². The van der Waals surface area contributed by atoms with Crippen LogP contribution in [0.2, 0.25) is 0 Å². The highest BCUT2D eigenvalue weighted by molar-refractivity contribution is 7.69. The lowest BCUT2D eigenvalue weighted by molar-refractivity contribution is -0.117. The molecule has 7 heteroatoms. The number of Topliss-reactive ketones (excluding diaryl/α,β-unsaturated/α-hetero) is 1. The number of carbonyl (C=O) groups excluding carboxylic acids is 1. The zero-order valence-corrected chi connectivity index (χ0v) is 10.8. The highest BCUT2D eigenvalue weighted by atomic mass is 32.2. The number of nitrogens with zero attached hydrogens (tertiary/aromatic N) is 2. The molecule has 0 aromatic carbocycles. The van der Waals surface area contributed by atoms with Crippen LogP contribution < -0.4 is 5.14 Å². The summed E-state index contributed by atoms with van der Waals surface area (Å²) in [6.45, 7) is 1.99.